The molecule has 11 aromatic carbocycles. The molecule has 0 radical (unpaired) electrons. The summed E-state index contributed by atoms with van der Waals surface area (Å²) in [7, 11) is 0. The summed E-state index contributed by atoms with van der Waals surface area (Å²) in [5.74, 6) is 0. The summed E-state index contributed by atoms with van der Waals surface area (Å²) in [5, 5.41) is 19.9. The standard InChI is InChI=1S/C69H38N6S2/c1-39-31-36-58-51(37-39)48-33-35-50-46-23-9-16-30-60(46)77-69(50)65(48)74(58)62-52(38-70)63(72-53-24-10-3-17-40(53)41-18-4-11-25-54(41)72)67(66(61(62)71-2)73-55-26-12-5-19-42(55)43-20-6-13-27-56(43)73)75-57-28-14-7-21-44(57)47-32-34-49-45-22-8-15-29-59(45)76-68(49)64(47)75/h3-37H,1H3/i7D,8D,14D,15D,21D,22D,28D,29D,32D,34D. The van der Waals surface area contributed by atoms with Crippen LogP contribution >= 0.6 is 22.7 Å². The molecule has 0 atom stereocenters. The minimum atomic E-state index is -0.603. The van der Waals surface area contributed by atoms with E-state index in [-0.39, 0.29) is 82.0 Å². The van der Waals surface area contributed by atoms with Gasteiger partial charge < -0.3 is 18.3 Å². The number of nitriles is 1. The summed E-state index contributed by atoms with van der Waals surface area (Å²) in [5.41, 5.74) is 5.89. The number of aryl methyl sites for hydroxylation is 1. The monoisotopic (exact) mass is 1020 g/mol. The Hall–Kier alpha value is -9.96. The lowest BCUT2D eigenvalue weighted by molar-refractivity contribution is 1.04. The Morgan fingerprint density at radius 3 is 1.61 bits per heavy atom. The van der Waals surface area contributed by atoms with Gasteiger partial charge in [0.2, 0.25) is 5.69 Å². The normalized spacial score (nSPS) is 14.0. The quantitative estimate of drug-likeness (QED) is 0.162. The SMILES string of the molecule is [2H]c1c([2H])c([2H])c2c(sc3c2c([2H])c([2H])c2c4c([2H])c([2H])c([2H])c([2H])c4n(-c4c(-n5c6ccccc6c6ccccc65)c(C#N)c(-n5c6ccc(C)cc6c6ccc7c8ccccc8sc7c65)c([N+]#[C-])c4-n4c5ccccc5c5ccccc54)c32)c1[2H]. The van der Waals surface area contributed by atoms with Crippen molar-refractivity contribution in [1.82, 2.24) is 18.3 Å². The molecule has 6 nitrogen and oxygen atoms in total. The van der Waals surface area contributed by atoms with E-state index in [0.29, 0.717) is 22.1 Å². The molecule has 0 spiro atoms. The predicted octanol–water partition coefficient (Wildman–Crippen LogP) is 19.5. The summed E-state index contributed by atoms with van der Waals surface area (Å²) in [6.45, 7) is 12.0. The Labute approximate surface area is 461 Å². The molecule has 0 saturated heterocycles. The first kappa shape index (κ1) is 33.8. The Bertz CT molecular complexity index is 5940. The topological polar surface area (TPSA) is 47.9 Å². The van der Waals surface area contributed by atoms with Crippen LogP contribution in [-0.2, 0) is 0 Å². The van der Waals surface area contributed by atoms with E-state index in [2.05, 4.69) is 41.0 Å². The first-order valence-electron chi connectivity index (χ1n) is 30.0. The van der Waals surface area contributed by atoms with Gasteiger partial charge in [-0.1, -0.05) is 163 Å². The van der Waals surface area contributed by atoms with Gasteiger partial charge in [-0.15, -0.1) is 22.7 Å². The number of nitrogens with zero attached hydrogens (tertiary/aromatic N) is 6. The fourth-order valence-electron chi connectivity index (χ4n) is 12.5. The molecule has 8 heteroatoms. The van der Waals surface area contributed by atoms with Crippen molar-refractivity contribution >= 4 is 156 Å². The maximum Gasteiger partial charge on any atom is 0.237 e. The van der Waals surface area contributed by atoms with Crippen LogP contribution in [0.1, 0.15) is 24.8 Å². The Kier molecular flexibility index (Phi) is 6.82. The third-order valence-corrected chi connectivity index (χ3v) is 17.8. The highest BCUT2D eigenvalue weighted by Gasteiger charge is 2.35. The van der Waals surface area contributed by atoms with Crippen LogP contribution in [0.15, 0.2) is 212 Å². The average molecular weight is 1030 g/mol. The molecule has 0 aliphatic carbocycles. The minimum absolute atomic E-state index is 0.00118. The molecular formula is C69H38N6S2. The van der Waals surface area contributed by atoms with Crippen LogP contribution in [0.2, 0.25) is 0 Å². The zero-order valence-corrected chi connectivity index (χ0v) is 42.1. The maximum absolute atomic E-state index is 12.9. The van der Waals surface area contributed by atoms with Crippen molar-refractivity contribution in [2.75, 3.05) is 0 Å². The molecule has 17 rings (SSSR count). The van der Waals surface area contributed by atoms with Gasteiger partial charge in [-0.2, -0.15) is 5.26 Å². The van der Waals surface area contributed by atoms with Crippen molar-refractivity contribution in [3.63, 3.8) is 0 Å². The summed E-state index contributed by atoms with van der Waals surface area (Å²) in [6, 6.07) is 47.9. The first-order valence-corrected chi connectivity index (χ1v) is 26.6. The molecule has 17 aromatic rings. The van der Waals surface area contributed by atoms with E-state index in [1.54, 1.807) is 15.9 Å². The molecule has 0 N–H and O–H groups in total. The van der Waals surface area contributed by atoms with E-state index in [1.165, 1.54) is 0 Å². The molecule has 0 fully saturated rings. The molecule has 0 bridgehead atoms. The Morgan fingerprint density at radius 2 is 0.935 bits per heavy atom. The van der Waals surface area contributed by atoms with Crippen LogP contribution in [0, 0.1) is 24.8 Å². The first-order chi connectivity index (χ1) is 42.2. The van der Waals surface area contributed by atoms with Crippen LogP contribution in [0.5, 0.6) is 0 Å². The maximum atomic E-state index is 12.9. The number of thiophene rings is 2. The number of aromatic nitrogens is 4. The molecule has 0 unspecified atom stereocenters. The largest absolute Gasteiger partial charge is 0.317 e. The summed E-state index contributed by atoms with van der Waals surface area (Å²) in [6.07, 6.45) is 0. The number of benzene rings is 11. The van der Waals surface area contributed by atoms with E-state index in [1.807, 2.05) is 137 Å². The molecular weight excluding hydrogens is 977 g/mol. The Balaban J connectivity index is 1.25. The lowest BCUT2D eigenvalue weighted by Gasteiger charge is -2.27. The number of hydrogen-bond acceptors (Lipinski definition) is 3. The third-order valence-electron chi connectivity index (χ3n) is 15.5. The molecule has 6 aromatic heterocycles. The van der Waals surface area contributed by atoms with Gasteiger partial charge in [-0.05, 0) is 61.5 Å². The van der Waals surface area contributed by atoms with Gasteiger partial charge in [0.25, 0.3) is 0 Å². The molecule has 77 heavy (non-hydrogen) atoms. The summed E-state index contributed by atoms with van der Waals surface area (Å²) < 4.78 is 106. The molecule has 0 amide bonds. The van der Waals surface area contributed by atoms with Crippen molar-refractivity contribution in [3.05, 3.63) is 235 Å². The van der Waals surface area contributed by atoms with Gasteiger partial charge in [0.15, 0.2) is 0 Å². The van der Waals surface area contributed by atoms with Crippen molar-refractivity contribution in [2.45, 2.75) is 6.92 Å². The zero-order valence-electron chi connectivity index (χ0n) is 50.4. The number of para-hydroxylation sites is 5. The lowest BCUT2D eigenvalue weighted by Crippen LogP contribution is -2.14. The molecule has 0 aliphatic heterocycles. The van der Waals surface area contributed by atoms with Gasteiger partial charge in [-0.3, -0.25) is 0 Å². The second kappa shape index (κ2) is 15.5. The fourth-order valence-corrected chi connectivity index (χ4v) is 14.8. The smallest absolute Gasteiger partial charge is 0.237 e. The molecule has 356 valence electrons. The highest BCUT2D eigenvalue weighted by Crippen LogP contribution is 2.54. The van der Waals surface area contributed by atoms with Crippen LogP contribution in [0.4, 0.5) is 5.69 Å². The Morgan fingerprint density at radius 1 is 0.416 bits per heavy atom. The van der Waals surface area contributed by atoms with Gasteiger partial charge in [0.1, 0.15) is 6.07 Å². The van der Waals surface area contributed by atoms with E-state index >= 15 is 0 Å². The molecule has 6 heterocycles. The zero-order chi connectivity index (χ0) is 59.5. The minimum Gasteiger partial charge on any atom is -0.317 e. The van der Waals surface area contributed by atoms with Gasteiger partial charge in [0.05, 0.1) is 102 Å². The second-order valence-corrected chi connectivity index (χ2v) is 21.5. The lowest BCUT2D eigenvalue weighted by atomic mass is 10.0. The number of rotatable bonds is 4. The fraction of sp³-hybridized carbons (Fsp3) is 0.0145. The van der Waals surface area contributed by atoms with Gasteiger partial charge in [0, 0.05) is 74.0 Å². The third kappa shape index (κ3) is 5.49. The van der Waals surface area contributed by atoms with Crippen molar-refractivity contribution < 1.29 is 13.7 Å². The predicted molar refractivity (Wildman–Crippen MR) is 325 cm³/mol. The number of hydrogen-bond donors (Lipinski definition) is 0. The summed E-state index contributed by atoms with van der Waals surface area (Å²) >= 11 is 2.60. The molecule has 0 aliphatic rings. The van der Waals surface area contributed by atoms with E-state index in [0.717, 1.165) is 80.4 Å². The van der Waals surface area contributed by atoms with Gasteiger partial charge >= 0.3 is 0 Å². The average Bonchev–Trinajstić information content (AvgIpc) is 1.56. The summed E-state index contributed by atoms with van der Waals surface area (Å²) in [4.78, 5) is 4.71. The number of fused-ring (bicyclic) bond motifs is 20. The van der Waals surface area contributed by atoms with Crippen LogP contribution < -0.4 is 0 Å². The van der Waals surface area contributed by atoms with E-state index in [4.69, 9.17) is 7.59 Å². The highest BCUT2D eigenvalue weighted by atomic mass is 32.1. The second-order valence-electron chi connectivity index (χ2n) is 19.4. The van der Waals surface area contributed by atoms with E-state index in [9.17, 15) is 22.8 Å². The van der Waals surface area contributed by atoms with Crippen LogP contribution in [-0.4, -0.2) is 18.3 Å². The van der Waals surface area contributed by atoms with Crippen LogP contribution in [0.25, 0.3) is 155 Å². The molecule has 0 saturated carbocycles. The highest BCUT2D eigenvalue weighted by molar-refractivity contribution is 7.27. The van der Waals surface area contributed by atoms with Crippen LogP contribution in [0.3, 0.4) is 0 Å². The van der Waals surface area contributed by atoms with Gasteiger partial charge in [-0.25, -0.2) is 4.85 Å². The van der Waals surface area contributed by atoms with Crippen molar-refractivity contribution in [2.24, 2.45) is 0 Å². The van der Waals surface area contributed by atoms with Crippen molar-refractivity contribution in [3.8, 4) is 28.8 Å². The van der Waals surface area contributed by atoms with E-state index < -0.39 is 54.4 Å². The van der Waals surface area contributed by atoms with Crippen molar-refractivity contribution in [1.29, 1.82) is 5.26 Å².